The number of benzene rings is 1. The van der Waals surface area contributed by atoms with E-state index in [-0.39, 0.29) is 18.2 Å². The number of nitrogens with zero attached hydrogens (tertiary/aromatic N) is 3. The van der Waals surface area contributed by atoms with Crippen molar-refractivity contribution in [1.82, 2.24) is 19.7 Å². The summed E-state index contributed by atoms with van der Waals surface area (Å²) >= 11 is 0. The predicted molar refractivity (Wildman–Crippen MR) is 130 cm³/mol. The Morgan fingerprint density at radius 1 is 1.35 bits per heavy atom. The first-order valence-corrected chi connectivity index (χ1v) is 13.1. The minimum atomic E-state index is -4.23. The van der Waals surface area contributed by atoms with Gasteiger partial charge in [-0.1, -0.05) is 18.2 Å². The zero-order valence-electron chi connectivity index (χ0n) is 20.5. The van der Waals surface area contributed by atoms with Crippen LogP contribution in [-0.2, 0) is 23.4 Å². The molecule has 12 nitrogen and oxygen atoms in total. The van der Waals surface area contributed by atoms with Crippen LogP contribution in [0.25, 0.3) is 5.52 Å². The van der Waals surface area contributed by atoms with Crippen molar-refractivity contribution in [1.29, 1.82) is 0 Å². The highest BCUT2D eigenvalue weighted by Gasteiger charge is 2.56. The van der Waals surface area contributed by atoms with Gasteiger partial charge in [0.15, 0.2) is 11.5 Å². The van der Waals surface area contributed by atoms with Gasteiger partial charge in [-0.15, -0.1) is 0 Å². The molecule has 1 aliphatic heterocycles. The number of halogens is 1. The van der Waals surface area contributed by atoms with Gasteiger partial charge in [-0.3, -0.25) is 9.32 Å². The molecular weight excluding hydrogens is 508 g/mol. The van der Waals surface area contributed by atoms with Gasteiger partial charge < -0.3 is 24.8 Å². The predicted octanol–water partition coefficient (Wildman–Crippen LogP) is 2.59. The summed E-state index contributed by atoms with van der Waals surface area (Å²) in [6.45, 7) is 3.86. The average Bonchev–Trinajstić information content (AvgIpc) is 3.38. The number of carbonyl (C=O) groups excluding carboxylic acids is 1. The number of nitrogens with one attached hydrogen (secondary N) is 1. The molecule has 1 fully saturated rings. The van der Waals surface area contributed by atoms with E-state index in [1.165, 1.54) is 24.7 Å². The van der Waals surface area contributed by atoms with Crippen molar-refractivity contribution < 1.29 is 37.4 Å². The topological polar surface area (TPSA) is 160 Å². The zero-order valence-corrected chi connectivity index (χ0v) is 21.4. The van der Waals surface area contributed by atoms with Crippen LogP contribution in [0.5, 0.6) is 5.75 Å². The molecule has 0 bridgehead atoms. The third-order valence-electron chi connectivity index (χ3n) is 5.90. The van der Waals surface area contributed by atoms with Gasteiger partial charge in [0, 0.05) is 0 Å². The Morgan fingerprint density at radius 2 is 2.08 bits per heavy atom. The number of ether oxygens (including phenoxy) is 2. The molecular formula is C23H29FN5O7P. The molecule has 6 atom stereocenters. The van der Waals surface area contributed by atoms with Crippen LogP contribution >= 0.6 is 7.75 Å². The first-order valence-electron chi connectivity index (χ1n) is 11.6. The van der Waals surface area contributed by atoms with E-state index in [4.69, 9.17) is 24.3 Å². The standard InChI is InChI=1S/C23H29FN5O7P/c1-4-33-22(31)14(2)28-37(32,36-15-8-6-5-7-9-15)34-12-18-19(30)23(3,24)20(35-18)16-10-11-17-21(25)26-13-27-29(16)17/h5-11,13-14,18-20,30H,4,12H2,1-3H3,(H,28,32)(H2,25,26,27)/t14-,18+,19+,20-,23+,37?/m0/s1. The fraction of sp³-hybridized carbons (Fsp3) is 0.435. The summed E-state index contributed by atoms with van der Waals surface area (Å²) in [4.78, 5) is 16.0. The molecule has 4 N–H and O–H groups in total. The molecule has 2 aromatic heterocycles. The molecule has 0 aliphatic carbocycles. The Kier molecular flexibility index (Phi) is 7.81. The number of para-hydroxylation sites is 1. The normalized spacial score (nSPS) is 26.0. The van der Waals surface area contributed by atoms with Crippen LogP contribution in [0.2, 0.25) is 0 Å². The van der Waals surface area contributed by atoms with E-state index in [9.17, 15) is 14.5 Å². The number of rotatable bonds is 10. The van der Waals surface area contributed by atoms with Gasteiger partial charge in [0.05, 0.1) is 18.9 Å². The van der Waals surface area contributed by atoms with Gasteiger partial charge in [0.2, 0.25) is 0 Å². The van der Waals surface area contributed by atoms with E-state index >= 15 is 4.39 Å². The maximum absolute atomic E-state index is 15.8. The molecule has 3 heterocycles. The van der Waals surface area contributed by atoms with Gasteiger partial charge in [-0.25, -0.2) is 18.5 Å². The number of alkyl halides is 1. The summed E-state index contributed by atoms with van der Waals surface area (Å²) in [6.07, 6.45) is -2.93. The Balaban J connectivity index is 1.54. The highest BCUT2D eigenvalue weighted by molar-refractivity contribution is 7.52. The molecule has 1 aromatic carbocycles. The molecule has 1 saturated heterocycles. The van der Waals surface area contributed by atoms with Crippen molar-refractivity contribution in [2.75, 3.05) is 18.9 Å². The zero-order chi connectivity index (χ0) is 26.8. The number of aliphatic hydroxyl groups is 1. The number of anilines is 1. The molecule has 1 aliphatic rings. The molecule has 0 amide bonds. The molecule has 0 spiro atoms. The summed E-state index contributed by atoms with van der Waals surface area (Å²) in [6, 6.07) is 10.3. The number of aliphatic hydroxyl groups excluding tert-OH is 1. The minimum absolute atomic E-state index is 0.124. The summed E-state index contributed by atoms with van der Waals surface area (Å²) in [5.41, 5.74) is 4.35. The number of nitrogens with two attached hydrogens (primary N) is 1. The smallest absolute Gasteiger partial charge is 0.459 e. The third-order valence-corrected chi connectivity index (χ3v) is 7.55. The summed E-state index contributed by atoms with van der Waals surface area (Å²) in [7, 11) is -4.23. The van der Waals surface area contributed by atoms with Crippen molar-refractivity contribution in [3.8, 4) is 5.75 Å². The van der Waals surface area contributed by atoms with Gasteiger partial charge in [-0.2, -0.15) is 10.2 Å². The second-order valence-electron chi connectivity index (χ2n) is 8.65. The van der Waals surface area contributed by atoms with Crippen molar-refractivity contribution in [2.24, 2.45) is 0 Å². The van der Waals surface area contributed by atoms with E-state index in [0.29, 0.717) is 11.2 Å². The molecule has 0 radical (unpaired) electrons. The number of hydrogen-bond acceptors (Lipinski definition) is 10. The van der Waals surface area contributed by atoms with Crippen LogP contribution in [0, 0.1) is 0 Å². The Bertz CT molecular complexity index is 1290. The number of nitrogen functional groups attached to an aromatic ring is 1. The highest BCUT2D eigenvalue weighted by atomic mass is 31.2. The summed E-state index contributed by atoms with van der Waals surface area (Å²) in [5, 5.41) is 17.4. The molecule has 1 unspecified atom stereocenters. The van der Waals surface area contributed by atoms with Crippen molar-refractivity contribution in [2.45, 2.75) is 50.8 Å². The van der Waals surface area contributed by atoms with E-state index in [2.05, 4.69) is 15.2 Å². The largest absolute Gasteiger partial charge is 0.465 e. The molecule has 37 heavy (non-hydrogen) atoms. The van der Waals surface area contributed by atoms with E-state index < -0.39 is 50.3 Å². The highest BCUT2D eigenvalue weighted by Crippen LogP contribution is 2.49. The fourth-order valence-electron chi connectivity index (χ4n) is 4.00. The monoisotopic (exact) mass is 537 g/mol. The van der Waals surface area contributed by atoms with E-state index in [1.54, 1.807) is 49.4 Å². The fourth-order valence-corrected chi connectivity index (χ4v) is 5.50. The van der Waals surface area contributed by atoms with Crippen LogP contribution in [-0.4, -0.2) is 62.8 Å². The molecule has 3 aromatic rings. The van der Waals surface area contributed by atoms with Gasteiger partial charge in [0.1, 0.15) is 41.9 Å². The summed E-state index contributed by atoms with van der Waals surface area (Å²) in [5.74, 6) is -0.272. The lowest BCUT2D eigenvalue weighted by molar-refractivity contribution is -0.144. The molecule has 0 saturated carbocycles. The SMILES string of the molecule is CCOC(=O)[C@H](C)NP(=O)(OC[C@H]1O[C@@H](c2ccc3c(N)ncnn23)[C@](C)(F)[C@@H]1O)Oc1ccccc1. The Labute approximate surface area is 212 Å². The van der Waals surface area contributed by atoms with Gasteiger partial charge in [-0.05, 0) is 45.0 Å². The van der Waals surface area contributed by atoms with Gasteiger partial charge >= 0.3 is 13.7 Å². The number of fused-ring (bicyclic) bond motifs is 1. The average molecular weight is 537 g/mol. The Morgan fingerprint density at radius 3 is 2.78 bits per heavy atom. The molecule has 4 rings (SSSR count). The Hall–Kier alpha value is -3.09. The van der Waals surface area contributed by atoms with Crippen molar-refractivity contribution in [3.63, 3.8) is 0 Å². The lowest BCUT2D eigenvalue weighted by Crippen LogP contribution is -2.40. The van der Waals surface area contributed by atoms with Crippen molar-refractivity contribution in [3.05, 3.63) is 54.5 Å². The van der Waals surface area contributed by atoms with E-state index in [0.717, 1.165) is 0 Å². The molecule has 14 heteroatoms. The summed E-state index contributed by atoms with van der Waals surface area (Å²) < 4.78 is 52.7. The van der Waals surface area contributed by atoms with Crippen LogP contribution in [0.1, 0.15) is 32.6 Å². The number of hydrogen-bond donors (Lipinski definition) is 3. The van der Waals surface area contributed by atoms with E-state index in [1.807, 2.05) is 0 Å². The number of carbonyl (C=O) groups is 1. The van der Waals surface area contributed by atoms with Gasteiger partial charge in [0.25, 0.3) is 0 Å². The second kappa shape index (κ2) is 10.7. The second-order valence-corrected chi connectivity index (χ2v) is 10.3. The number of esters is 1. The maximum Gasteiger partial charge on any atom is 0.459 e. The maximum atomic E-state index is 15.8. The van der Waals surface area contributed by atoms with Crippen LogP contribution in [0.15, 0.2) is 48.8 Å². The lowest BCUT2D eigenvalue weighted by Gasteiger charge is -2.25. The van der Waals surface area contributed by atoms with Crippen LogP contribution < -0.4 is 15.3 Å². The van der Waals surface area contributed by atoms with Crippen LogP contribution in [0.4, 0.5) is 10.2 Å². The third kappa shape index (κ3) is 5.60. The first kappa shape index (κ1) is 27.0. The van der Waals surface area contributed by atoms with Crippen LogP contribution in [0.3, 0.4) is 0 Å². The quantitative estimate of drug-likeness (QED) is 0.258. The first-order chi connectivity index (χ1) is 17.6. The molecule has 200 valence electrons. The number of aromatic nitrogens is 3. The lowest BCUT2D eigenvalue weighted by atomic mass is 9.93. The minimum Gasteiger partial charge on any atom is -0.465 e. The van der Waals surface area contributed by atoms with Crippen molar-refractivity contribution >= 4 is 25.1 Å².